The van der Waals surface area contributed by atoms with Crippen LogP contribution in [0, 0.1) is 0 Å². The van der Waals surface area contributed by atoms with Gasteiger partial charge in [-0.05, 0) is 18.9 Å². The van der Waals surface area contributed by atoms with Crippen LogP contribution in [0.1, 0.15) is 12.8 Å². The van der Waals surface area contributed by atoms with E-state index in [0.29, 0.717) is 16.1 Å². The van der Waals surface area contributed by atoms with Gasteiger partial charge in [-0.15, -0.1) is 0 Å². The summed E-state index contributed by atoms with van der Waals surface area (Å²) in [7, 11) is 0. The molecule has 1 aliphatic carbocycles. The molecule has 0 saturated heterocycles. The van der Waals surface area contributed by atoms with E-state index in [1.54, 1.807) is 12.3 Å². The van der Waals surface area contributed by atoms with Gasteiger partial charge in [0.25, 0.3) is 0 Å². The van der Waals surface area contributed by atoms with Crippen LogP contribution in [-0.4, -0.2) is 11.0 Å². The minimum Gasteiger partial charge on any atom is -0.366 e. The minimum atomic E-state index is 0.566. The molecule has 1 aromatic heterocycles. The van der Waals surface area contributed by atoms with Crippen LogP contribution >= 0.6 is 23.2 Å². The van der Waals surface area contributed by atoms with Crippen LogP contribution in [0.3, 0.4) is 0 Å². The van der Waals surface area contributed by atoms with Crippen molar-refractivity contribution in [3.8, 4) is 0 Å². The minimum absolute atomic E-state index is 0.566. The standard InChI is InChI=1S/C8H8Cl2N2/c9-5-3-7(10)8(11-4-5)12-6-1-2-6/h3-4,6H,1-2H2,(H,11,12). The van der Waals surface area contributed by atoms with Gasteiger partial charge < -0.3 is 5.32 Å². The number of halogens is 2. The SMILES string of the molecule is Clc1cnc(NC2CC2)c(Cl)c1. The average molecular weight is 203 g/mol. The second-order valence-corrected chi connectivity index (χ2v) is 3.75. The number of hydrogen-bond acceptors (Lipinski definition) is 2. The van der Waals surface area contributed by atoms with Gasteiger partial charge in [-0.2, -0.15) is 0 Å². The largest absolute Gasteiger partial charge is 0.366 e. The highest BCUT2D eigenvalue weighted by molar-refractivity contribution is 6.35. The molecule has 0 atom stereocenters. The molecule has 1 aliphatic rings. The highest BCUT2D eigenvalue weighted by Crippen LogP contribution is 2.28. The van der Waals surface area contributed by atoms with Crippen molar-refractivity contribution in [1.82, 2.24) is 4.98 Å². The predicted octanol–water partition coefficient (Wildman–Crippen LogP) is 2.96. The van der Waals surface area contributed by atoms with Crippen molar-refractivity contribution in [2.24, 2.45) is 0 Å². The number of hydrogen-bond donors (Lipinski definition) is 1. The van der Waals surface area contributed by atoms with E-state index in [4.69, 9.17) is 23.2 Å². The lowest BCUT2D eigenvalue weighted by Crippen LogP contribution is -2.03. The number of aromatic nitrogens is 1. The molecule has 1 aromatic rings. The molecule has 64 valence electrons. The van der Waals surface area contributed by atoms with Crippen molar-refractivity contribution in [3.63, 3.8) is 0 Å². The molecule has 0 radical (unpaired) electrons. The summed E-state index contributed by atoms with van der Waals surface area (Å²) in [4.78, 5) is 4.08. The Bertz CT molecular complexity index is 297. The van der Waals surface area contributed by atoms with E-state index in [2.05, 4.69) is 10.3 Å². The summed E-state index contributed by atoms with van der Waals surface area (Å²) in [6.07, 6.45) is 4.01. The first kappa shape index (κ1) is 8.14. The van der Waals surface area contributed by atoms with Crippen molar-refractivity contribution in [2.75, 3.05) is 5.32 Å². The lowest BCUT2D eigenvalue weighted by atomic mass is 10.4. The molecule has 0 bridgehead atoms. The predicted molar refractivity (Wildman–Crippen MR) is 50.9 cm³/mol. The molecule has 0 spiro atoms. The zero-order valence-electron chi connectivity index (χ0n) is 6.35. The van der Waals surface area contributed by atoms with Gasteiger partial charge in [0.05, 0.1) is 10.0 Å². The molecule has 2 rings (SSSR count). The zero-order chi connectivity index (χ0) is 8.55. The molecule has 0 unspecified atom stereocenters. The highest BCUT2D eigenvalue weighted by Gasteiger charge is 2.22. The molecule has 1 heterocycles. The molecule has 0 aliphatic heterocycles. The third-order valence-corrected chi connectivity index (χ3v) is 2.22. The number of nitrogens with zero attached hydrogens (tertiary/aromatic N) is 1. The molecule has 4 heteroatoms. The van der Waals surface area contributed by atoms with Gasteiger partial charge in [0, 0.05) is 12.2 Å². The summed E-state index contributed by atoms with van der Waals surface area (Å²) in [5.41, 5.74) is 0. The Labute approximate surface area is 80.9 Å². The number of rotatable bonds is 2. The normalized spacial score (nSPS) is 16.2. The van der Waals surface area contributed by atoms with E-state index >= 15 is 0 Å². The molecule has 1 saturated carbocycles. The Hall–Kier alpha value is -0.470. The summed E-state index contributed by atoms with van der Waals surface area (Å²) in [6.45, 7) is 0. The fourth-order valence-electron chi connectivity index (χ4n) is 0.942. The summed E-state index contributed by atoms with van der Waals surface area (Å²) >= 11 is 11.6. The molecule has 12 heavy (non-hydrogen) atoms. The van der Waals surface area contributed by atoms with Crippen LogP contribution in [-0.2, 0) is 0 Å². The van der Waals surface area contributed by atoms with Gasteiger partial charge in [-0.1, -0.05) is 23.2 Å². The van der Waals surface area contributed by atoms with Crippen LogP contribution in [0.4, 0.5) is 5.82 Å². The van der Waals surface area contributed by atoms with Crippen LogP contribution in [0.2, 0.25) is 10.0 Å². The van der Waals surface area contributed by atoms with Crippen molar-refractivity contribution in [2.45, 2.75) is 18.9 Å². The smallest absolute Gasteiger partial charge is 0.145 e. The van der Waals surface area contributed by atoms with Crippen molar-refractivity contribution >= 4 is 29.0 Å². The van der Waals surface area contributed by atoms with E-state index in [1.165, 1.54) is 12.8 Å². The van der Waals surface area contributed by atoms with E-state index in [0.717, 1.165) is 5.82 Å². The Morgan fingerprint density at radius 2 is 2.17 bits per heavy atom. The summed E-state index contributed by atoms with van der Waals surface area (Å²) in [6, 6.07) is 2.26. The lowest BCUT2D eigenvalue weighted by Gasteiger charge is -2.04. The van der Waals surface area contributed by atoms with Crippen LogP contribution in [0.25, 0.3) is 0 Å². The maximum Gasteiger partial charge on any atom is 0.145 e. The third-order valence-electron chi connectivity index (χ3n) is 1.73. The van der Waals surface area contributed by atoms with Gasteiger partial charge in [-0.25, -0.2) is 4.98 Å². The van der Waals surface area contributed by atoms with E-state index in [-0.39, 0.29) is 0 Å². The topological polar surface area (TPSA) is 24.9 Å². The quantitative estimate of drug-likeness (QED) is 0.799. The van der Waals surface area contributed by atoms with Gasteiger partial charge in [0.2, 0.25) is 0 Å². The summed E-state index contributed by atoms with van der Waals surface area (Å²) in [5, 5.41) is 4.37. The maximum absolute atomic E-state index is 5.89. The van der Waals surface area contributed by atoms with Crippen molar-refractivity contribution in [3.05, 3.63) is 22.3 Å². The van der Waals surface area contributed by atoms with E-state index in [9.17, 15) is 0 Å². The first-order chi connectivity index (χ1) is 5.75. The maximum atomic E-state index is 5.89. The molecular weight excluding hydrogens is 195 g/mol. The number of anilines is 1. The van der Waals surface area contributed by atoms with Crippen LogP contribution in [0.15, 0.2) is 12.3 Å². The van der Waals surface area contributed by atoms with Gasteiger partial charge >= 0.3 is 0 Å². The van der Waals surface area contributed by atoms with Crippen molar-refractivity contribution < 1.29 is 0 Å². The molecule has 2 nitrogen and oxygen atoms in total. The fourth-order valence-corrected chi connectivity index (χ4v) is 1.38. The van der Waals surface area contributed by atoms with Crippen LogP contribution < -0.4 is 5.32 Å². The van der Waals surface area contributed by atoms with Gasteiger partial charge in [0.15, 0.2) is 0 Å². The molecule has 0 aromatic carbocycles. The molecule has 1 fully saturated rings. The van der Waals surface area contributed by atoms with Crippen molar-refractivity contribution in [1.29, 1.82) is 0 Å². The summed E-state index contributed by atoms with van der Waals surface area (Å²) < 4.78 is 0. The van der Waals surface area contributed by atoms with E-state index < -0.39 is 0 Å². The molecular formula is C8H8Cl2N2. The summed E-state index contributed by atoms with van der Waals surface area (Å²) in [5.74, 6) is 0.739. The molecule has 0 amide bonds. The van der Waals surface area contributed by atoms with Gasteiger partial charge in [0.1, 0.15) is 5.82 Å². The Morgan fingerprint density at radius 1 is 1.42 bits per heavy atom. The third kappa shape index (κ3) is 1.82. The monoisotopic (exact) mass is 202 g/mol. The Morgan fingerprint density at radius 3 is 2.75 bits per heavy atom. The second kappa shape index (κ2) is 3.11. The van der Waals surface area contributed by atoms with Gasteiger partial charge in [-0.3, -0.25) is 0 Å². The first-order valence-electron chi connectivity index (χ1n) is 3.83. The highest BCUT2D eigenvalue weighted by atomic mass is 35.5. The Kier molecular flexibility index (Phi) is 2.11. The molecule has 1 N–H and O–H groups in total. The zero-order valence-corrected chi connectivity index (χ0v) is 7.86. The lowest BCUT2D eigenvalue weighted by molar-refractivity contribution is 1.11. The average Bonchev–Trinajstić information content (AvgIpc) is 2.79. The number of pyridine rings is 1. The fraction of sp³-hybridized carbons (Fsp3) is 0.375. The first-order valence-corrected chi connectivity index (χ1v) is 4.59. The Balaban J connectivity index is 2.18. The van der Waals surface area contributed by atoms with E-state index in [1.807, 2.05) is 0 Å². The van der Waals surface area contributed by atoms with Crippen LogP contribution in [0.5, 0.6) is 0 Å². The second-order valence-electron chi connectivity index (χ2n) is 2.90. The number of nitrogens with one attached hydrogen (secondary N) is 1.